The van der Waals surface area contributed by atoms with Crippen molar-refractivity contribution in [2.24, 2.45) is 0 Å². The normalized spacial score (nSPS) is 13.4. The maximum atomic E-state index is 14.4. The molecule has 0 aliphatic heterocycles. The van der Waals surface area contributed by atoms with Gasteiger partial charge >= 0.3 is 6.09 Å². The number of hydrogen-bond acceptors (Lipinski definition) is 5. The summed E-state index contributed by atoms with van der Waals surface area (Å²) in [6.07, 6.45) is 5.33. The van der Waals surface area contributed by atoms with E-state index < -0.39 is 29.3 Å². The lowest BCUT2D eigenvalue weighted by Gasteiger charge is -2.45. The fourth-order valence-corrected chi connectivity index (χ4v) is 4.66. The van der Waals surface area contributed by atoms with E-state index in [9.17, 15) is 14.4 Å². The van der Waals surface area contributed by atoms with Gasteiger partial charge in [0.2, 0.25) is 11.8 Å². The van der Waals surface area contributed by atoms with Gasteiger partial charge in [-0.2, -0.15) is 11.8 Å². The van der Waals surface area contributed by atoms with Crippen LogP contribution in [0.2, 0.25) is 0 Å². The summed E-state index contributed by atoms with van der Waals surface area (Å²) in [4.78, 5) is 42.8. The third-order valence-electron chi connectivity index (χ3n) is 6.67. The summed E-state index contributed by atoms with van der Waals surface area (Å²) < 4.78 is 5.49. The molecule has 0 aliphatic carbocycles. The van der Waals surface area contributed by atoms with Crippen LogP contribution in [0.25, 0.3) is 0 Å². The van der Waals surface area contributed by atoms with E-state index in [1.165, 1.54) is 0 Å². The van der Waals surface area contributed by atoms with Gasteiger partial charge < -0.3 is 20.3 Å². The predicted molar refractivity (Wildman–Crippen MR) is 159 cm³/mol. The van der Waals surface area contributed by atoms with Crippen LogP contribution in [0.15, 0.2) is 18.2 Å². The van der Waals surface area contributed by atoms with Crippen LogP contribution in [-0.2, 0) is 14.3 Å². The molecule has 2 N–H and O–H groups in total. The second-order valence-electron chi connectivity index (χ2n) is 11.6. The topological polar surface area (TPSA) is 87.7 Å². The maximum absolute atomic E-state index is 14.4. The summed E-state index contributed by atoms with van der Waals surface area (Å²) in [5, 5.41) is 5.92. The molecule has 38 heavy (non-hydrogen) atoms. The second kappa shape index (κ2) is 15.4. The number of carbonyl (C=O) groups is 3. The lowest BCUT2D eigenvalue weighted by Crippen LogP contribution is -2.59. The Balaban J connectivity index is 3.63. The second-order valence-corrected chi connectivity index (χ2v) is 12.6. The van der Waals surface area contributed by atoms with Crippen LogP contribution in [-0.4, -0.2) is 58.5 Å². The molecule has 3 amide bonds. The smallest absolute Gasteiger partial charge is 0.408 e. The van der Waals surface area contributed by atoms with Gasteiger partial charge in [-0.15, -0.1) is 0 Å². The third-order valence-corrected chi connectivity index (χ3v) is 7.31. The minimum absolute atomic E-state index is 0.203. The summed E-state index contributed by atoms with van der Waals surface area (Å²) in [7, 11) is 0. The zero-order chi connectivity index (χ0) is 29.1. The first-order valence-corrected chi connectivity index (χ1v) is 15.2. The number of ether oxygens (including phenoxy) is 1. The zero-order valence-electron chi connectivity index (χ0n) is 25.3. The minimum atomic E-state index is -0.837. The molecule has 1 rings (SSSR count). The molecule has 7 nitrogen and oxygen atoms in total. The van der Waals surface area contributed by atoms with Crippen LogP contribution in [0.3, 0.4) is 0 Å². The number of amides is 3. The van der Waals surface area contributed by atoms with Gasteiger partial charge in [0, 0.05) is 12.1 Å². The quantitative estimate of drug-likeness (QED) is 0.265. The number of carbonyl (C=O) groups excluding carboxylic acids is 3. The molecule has 0 fully saturated rings. The Labute approximate surface area is 235 Å². The highest BCUT2D eigenvalue weighted by atomic mass is 32.2. The van der Waals surface area contributed by atoms with Crippen molar-refractivity contribution < 1.29 is 19.1 Å². The number of thioether (sulfide) groups is 1. The Morgan fingerprint density at radius 3 is 2.26 bits per heavy atom. The van der Waals surface area contributed by atoms with Gasteiger partial charge in [0.05, 0.1) is 0 Å². The number of nitrogens with one attached hydrogen (secondary N) is 2. The average molecular weight is 550 g/mol. The van der Waals surface area contributed by atoms with Crippen molar-refractivity contribution in [3.05, 3.63) is 34.9 Å². The highest BCUT2D eigenvalue weighted by Gasteiger charge is 2.43. The molecular formula is C30H51N3O4S. The molecule has 0 radical (unpaired) electrons. The van der Waals surface area contributed by atoms with E-state index in [2.05, 4.69) is 17.6 Å². The Kier molecular flexibility index (Phi) is 13.7. The number of rotatable bonds is 14. The van der Waals surface area contributed by atoms with E-state index in [-0.39, 0.29) is 11.8 Å². The highest BCUT2D eigenvalue weighted by Crippen LogP contribution is 2.34. The van der Waals surface area contributed by atoms with Crippen LogP contribution in [0.1, 0.15) is 103 Å². The van der Waals surface area contributed by atoms with Crippen molar-refractivity contribution in [1.29, 1.82) is 0 Å². The third kappa shape index (κ3) is 10.5. The zero-order valence-corrected chi connectivity index (χ0v) is 26.1. The van der Waals surface area contributed by atoms with Crippen LogP contribution in [0, 0.1) is 13.8 Å². The van der Waals surface area contributed by atoms with Gasteiger partial charge in [0.25, 0.3) is 0 Å². The fraction of sp³-hybridized carbons (Fsp3) is 0.700. The van der Waals surface area contributed by atoms with E-state index in [0.29, 0.717) is 25.1 Å². The molecule has 216 valence electrons. The van der Waals surface area contributed by atoms with E-state index in [0.717, 1.165) is 36.0 Å². The first-order valence-electron chi connectivity index (χ1n) is 13.8. The molecule has 2 unspecified atom stereocenters. The Bertz CT molecular complexity index is 927. The summed E-state index contributed by atoms with van der Waals surface area (Å²) >= 11 is 1.60. The molecule has 1 aromatic rings. The van der Waals surface area contributed by atoms with Crippen molar-refractivity contribution >= 4 is 29.7 Å². The van der Waals surface area contributed by atoms with Crippen molar-refractivity contribution in [2.75, 3.05) is 18.6 Å². The van der Waals surface area contributed by atoms with Gasteiger partial charge in [-0.05, 0) is 90.9 Å². The number of nitrogens with zero attached hydrogens (tertiary/aromatic N) is 1. The van der Waals surface area contributed by atoms with Gasteiger partial charge in [0.1, 0.15) is 17.7 Å². The molecule has 0 saturated heterocycles. The molecule has 0 heterocycles. The average Bonchev–Trinajstić information content (AvgIpc) is 2.82. The lowest BCUT2D eigenvalue weighted by molar-refractivity contribution is -0.149. The minimum Gasteiger partial charge on any atom is -0.444 e. The summed E-state index contributed by atoms with van der Waals surface area (Å²) in [5.41, 5.74) is 1.40. The van der Waals surface area contributed by atoms with Gasteiger partial charge in [-0.3, -0.25) is 9.59 Å². The molecule has 2 atom stereocenters. The molecule has 0 saturated carbocycles. The van der Waals surface area contributed by atoms with E-state index in [1.807, 2.05) is 59.1 Å². The molecule has 0 aromatic heterocycles. The largest absolute Gasteiger partial charge is 0.444 e. The monoisotopic (exact) mass is 549 g/mol. The Morgan fingerprint density at radius 1 is 1.05 bits per heavy atom. The molecular weight excluding hydrogens is 498 g/mol. The number of benzene rings is 1. The number of alkyl carbamates (subject to hydrolysis) is 1. The fourth-order valence-electron chi connectivity index (χ4n) is 4.19. The van der Waals surface area contributed by atoms with E-state index in [1.54, 1.807) is 37.4 Å². The van der Waals surface area contributed by atoms with Crippen molar-refractivity contribution in [3.8, 4) is 0 Å². The number of aryl methyl sites for hydroxylation is 2. The van der Waals surface area contributed by atoms with Crippen molar-refractivity contribution in [3.63, 3.8) is 0 Å². The molecule has 8 heteroatoms. The predicted octanol–water partition coefficient (Wildman–Crippen LogP) is 6.31. The van der Waals surface area contributed by atoms with E-state index in [4.69, 9.17) is 4.74 Å². The van der Waals surface area contributed by atoms with Gasteiger partial charge in [-0.1, -0.05) is 50.5 Å². The molecule has 0 aliphatic rings. The maximum Gasteiger partial charge on any atom is 0.408 e. The molecule has 1 aromatic carbocycles. The first kappa shape index (κ1) is 33.8. The van der Waals surface area contributed by atoms with Crippen molar-refractivity contribution in [1.82, 2.24) is 15.5 Å². The standard InChI is InChI=1S/C30H51N3O4S/c1-11-13-14-18-31-26(34)25(23-20-21(3)15-16-22(23)4)33(30(8,9)12-2)27(35)24(17-19-38-10)32-28(36)37-29(5,6)7/h15-16,20,24-25H,11-14,17-19H2,1-10H3,(H,31,34)(H,32,36). The summed E-state index contributed by atoms with van der Waals surface area (Å²) in [6, 6.07) is 4.33. The van der Waals surface area contributed by atoms with Gasteiger partial charge in [-0.25, -0.2) is 4.79 Å². The van der Waals surface area contributed by atoms with Crippen LogP contribution >= 0.6 is 11.8 Å². The summed E-state index contributed by atoms with van der Waals surface area (Å²) in [6.45, 7) is 18.0. The highest BCUT2D eigenvalue weighted by molar-refractivity contribution is 7.98. The van der Waals surface area contributed by atoms with Crippen LogP contribution < -0.4 is 10.6 Å². The van der Waals surface area contributed by atoms with E-state index >= 15 is 0 Å². The van der Waals surface area contributed by atoms with Crippen molar-refractivity contribution in [2.45, 2.75) is 118 Å². The SMILES string of the molecule is CCCCCNC(=O)C(c1cc(C)ccc1C)N(C(=O)C(CCSC)NC(=O)OC(C)(C)C)C(C)(C)CC. The molecule has 0 spiro atoms. The summed E-state index contributed by atoms with van der Waals surface area (Å²) in [5.74, 6) is 0.182. The Hall–Kier alpha value is -2.22. The van der Waals surface area contributed by atoms with Crippen LogP contribution in [0.4, 0.5) is 4.79 Å². The number of unbranched alkanes of at least 4 members (excludes halogenated alkanes) is 2. The molecule has 0 bridgehead atoms. The lowest BCUT2D eigenvalue weighted by atomic mass is 9.89. The first-order chi connectivity index (χ1) is 17.7. The Morgan fingerprint density at radius 2 is 1.71 bits per heavy atom. The van der Waals surface area contributed by atoms with Crippen LogP contribution in [0.5, 0.6) is 0 Å². The van der Waals surface area contributed by atoms with Gasteiger partial charge in [0.15, 0.2) is 0 Å². The number of hydrogen-bond donors (Lipinski definition) is 2.